The van der Waals surface area contributed by atoms with E-state index < -0.39 is 57.4 Å². The smallest absolute Gasteiger partial charge is 0.341 e. The summed E-state index contributed by atoms with van der Waals surface area (Å²) in [5.74, 6) is -3.21. The average Bonchev–Trinajstić information content (AvgIpc) is 2.48. The maximum Gasteiger partial charge on any atom is 0.341 e. The molecule has 2 aliphatic rings. The second-order valence-electron chi connectivity index (χ2n) is 5.01. The topological polar surface area (TPSA) is 127 Å². The van der Waals surface area contributed by atoms with Crippen molar-refractivity contribution in [1.29, 1.82) is 0 Å². The fourth-order valence-corrected chi connectivity index (χ4v) is 5.19. The molecule has 12 heteroatoms. The largest absolute Gasteiger partial charge is 0.479 e. The van der Waals surface area contributed by atoms with Crippen molar-refractivity contribution in [3.63, 3.8) is 0 Å². The summed E-state index contributed by atoms with van der Waals surface area (Å²) in [5, 5.41) is 5.69. The molecular weight excluding hydrogens is 386 g/mol. The van der Waals surface area contributed by atoms with Gasteiger partial charge in [-0.15, -0.1) is 11.6 Å². The first-order valence-electron chi connectivity index (χ1n) is 6.49. The van der Waals surface area contributed by atoms with Crippen molar-refractivity contribution in [3.05, 3.63) is 11.3 Å². The Hall–Kier alpha value is -1.72. The van der Waals surface area contributed by atoms with E-state index in [0.29, 0.717) is 0 Å². The zero-order chi connectivity index (χ0) is 18.2. The van der Waals surface area contributed by atoms with E-state index in [1.165, 1.54) is 0 Å². The summed E-state index contributed by atoms with van der Waals surface area (Å²) in [6, 6.07) is 0. The number of aliphatic carboxylic acids is 1. The lowest BCUT2D eigenvalue weighted by Crippen LogP contribution is -2.68. The van der Waals surface area contributed by atoms with E-state index in [4.69, 9.17) is 38.4 Å². The zero-order valence-electron chi connectivity index (χ0n) is 12.2. The number of hydrogen-bond donors (Lipinski definition) is 1. The van der Waals surface area contributed by atoms with Crippen LogP contribution in [0, 0.1) is 0 Å². The maximum atomic E-state index is 12.3. The molecule has 24 heavy (non-hydrogen) atoms. The summed E-state index contributed by atoms with van der Waals surface area (Å²) >= 11 is 10.7. The lowest BCUT2D eigenvalue weighted by molar-refractivity contribution is -0.140. The third-order valence-electron chi connectivity index (χ3n) is 3.27. The minimum Gasteiger partial charge on any atom is -0.479 e. The molecule has 2 atom stereocenters. The van der Waals surface area contributed by atoms with E-state index in [2.05, 4.69) is 0 Å². The third-order valence-corrected chi connectivity index (χ3v) is 6.12. The molecule has 0 radical (unpaired) electrons. The predicted molar refractivity (Wildman–Crippen MR) is 83.9 cm³/mol. The van der Waals surface area contributed by atoms with Crippen LogP contribution in [0.1, 0.15) is 6.92 Å². The van der Waals surface area contributed by atoms with Gasteiger partial charge in [0.15, 0.2) is 21.8 Å². The van der Waals surface area contributed by atoms with Crippen molar-refractivity contribution in [2.24, 2.45) is 0 Å². The molecule has 0 bridgehead atoms. The van der Waals surface area contributed by atoms with Crippen molar-refractivity contribution in [3.8, 4) is 0 Å². The molecule has 0 aromatic rings. The first kappa shape index (κ1) is 18.6. The number of ether oxygens (including phenoxy) is 2. The van der Waals surface area contributed by atoms with Gasteiger partial charge < -0.3 is 14.6 Å². The molecule has 1 N–H and O–H groups in total. The monoisotopic (exact) mass is 397 g/mol. The number of carboxylic acid groups (broad SMARTS) is 1. The Bertz CT molecular complexity index is 759. The van der Waals surface area contributed by atoms with Gasteiger partial charge in [-0.3, -0.25) is 14.5 Å². The third kappa shape index (κ3) is 3.37. The number of sulfone groups is 1. The summed E-state index contributed by atoms with van der Waals surface area (Å²) in [7, 11) is -3.81. The molecule has 0 aliphatic carbocycles. The van der Waals surface area contributed by atoms with Gasteiger partial charge in [0, 0.05) is 12.5 Å². The molecule has 2 rings (SSSR count). The molecule has 0 saturated carbocycles. The number of β-lactam (4-membered cyclic amide) rings is 1. The number of amides is 1. The first-order valence-corrected chi connectivity index (χ1v) is 9.05. The van der Waals surface area contributed by atoms with Gasteiger partial charge in [-0.05, 0) is 12.2 Å². The fourth-order valence-electron chi connectivity index (χ4n) is 2.31. The van der Waals surface area contributed by atoms with Gasteiger partial charge >= 0.3 is 11.9 Å². The van der Waals surface area contributed by atoms with Crippen molar-refractivity contribution in [2.75, 3.05) is 19.0 Å². The molecule has 2 aliphatic heterocycles. The maximum absolute atomic E-state index is 12.3. The molecule has 9 nitrogen and oxygen atoms in total. The Balaban J connectivity index is 2.42. The van der Waals surface area contributed by atoms with Crippen LogP contribution in [-0.4, -0.2) is 71.0 Å². The van der Waals surface area contributed by atoms with E-state index in [0.717, 1.165) is 11.8 Å². The van der Waals surface area contributed by atoms with Crippen LogP contribution in [0.25, 0.3) is 0 Å². The Labute approximate surface area is 147 Å². The molecule has 1 unspecified atom stereocenters. The summed E-state index contributed by atoms with van der Waals surface area (Å²) in [6.45, 7) is -0.0694. The number of hydrogen-bond acceptors (Lipinski definition) is 8. The minimum absolute atomic E-state index is 0.0220. The van der Waals surface area contributed by atoms with Gasteiger partial charge in [-0.2, -0.15) is 0 Å². The Morgan fingerprint density at radius 3 is 2.58 bits per heavy atom. The van der Waals surface area contributed by atoms with Crippen LogP contribution in [0.2, 0.25) is 0 Å². The summed E-state index contributed by atoms with van der Waals surface area (Å²) in [6.07, 6.45) is 0. The molecule has 1 amide bonds. The van der Waals surface area contributed by atoms with Gasteiger partial charge in [0.2, 0.25) is 11.0 Å². The van der Waals surface area contributed by atoms with E-state index in [1.807, 2.05) is 0 Å². The quantitative estimate of drug-likeness (QED) is 0.281. The number of carboxylic acids is 1. The highest BCUT2D eigenvalue weighted by atomic mass is 35.5. The SMILES string of the molecule is CC(=O)OCC1=C(C(=S)OCC(=O)O)N2C(=O)[C@H](Cl)C2S(=O)(=O)C1. The fraction of sp³-hybridized carbons (Fsp3) is 0.500. The number of nitrogens with zero attached hydrogens (tertiary/aromatic N) is 1. The summed E-state index contributed by atoms with van der Waals surface area (Å²) in [4.78, 5) is 34.4. The van der Waals surface area contributed by atoms with E-state index in [1.54, 1.807) is 0 Å². The van der Waals surface area contributed by atoms with Gasteiger partial charge in [-0.25, -0.2) is 13.2 Å². The number of esters is 1. The molecule has 2 heterocycles. The number of rotatable bonds is 5. The standard InChI is InChI=1S/C12H12ClNO8S2/c1-5(15)21-2-6-4-24(19,20)11-8(13)10(18)14(11)9(6)12(23)22-3-7(16)17/h8,11H,2-4H2,1H3,(H,16,17)/t8-,11?/m0/s1. The van der Waals surface area contributed by atoms with Crippen LogP contribution in [0.5, 0.6) is 0 Å². The lowest BCUT2D eigenvalue weighted by atomic mass is 10.1. The molecule has 0 spiro atoms. The lowest BCUT2D eigenvalue weighted by Gasteiger charge is -2.47. The Morgan fingerprint density at radius 1 is 1.42 bits per heavy atom. The highest BCUT2D eigenvalue weighted by molar-refractivity contribution is 7.92. The van der Waals surface area contributed by atoms with Crippen LogP contribution < -0.4 is 0 Å². The van der Waals surface area contributed by atoms with E-state index >= 15 is 0 Å². The second-order valence-corrected chi connectivity index (χ2v) is 7.95. The summed E-state index contributed by atoms with van der Waals surface area (Å²) < 4.78 is 34.2. The number of fused-ring (bicyclic) bond motifs is 1. The van der Waals surface area contributed by atoms with Crippen molar-refractivity contribution < 1.29 is 37.4 Å². The van der Waals surface area contributed by atoms with Crippen LogP contribution in [0.4, 0.5) is 0 Å². The van der Waals surface area contributed by atoms with Crippen LogP contribution in [0.15, 0.2) is 11.3 Å². The number of halogens is 1. The van der Waals surface area contributed by atoms with Gasteiger partial charge in [0.05, 0.1) is 5.75 Å². The highest BCUT2D eigenvalue weighted by Crippen LogP contribution is 2.39. The molecule has 0 aromatic heterocycles. The number of carbonyl (C=O) groups excluding carboxylic acids is 2. The molecule has 1 fully saturated rings. The molecule has 132 valence electrons. The Morgan fingerprint density at radius 2 is 2.04 bits per heavy atom. The van der Waals surface area contributed by atoms with Crippen LogP contribution >= 0.6 is 23.8 Å². The van der Waals surface area contributed by atoms with E-state index in [-0.39, 0.29) is 16.3 Å². The molecule has 1 saturated heterocycles. The number of alkyl halides is 1. The number of carbonyl (C=O) groups is 3. The molecular formula is C12H12ClNO8S2. The Kier molecular flexibility index (Phi) is 5.16. The predicted octanol–water partition coefficient (Wildman–Crippen LogP) is -0.564. The zero-order valence-corrected chi connectivity index (χ0v) is 14.6. The molecule has 0 aromatic carbocycles. The number of thiocarbonyl (C=S) groups is 1. The van der Waals surface area contributed by atoms with Crippen molar-refractivity contribution in [2.45, 2.75) is 17.7 Å². The van der Waals surface area contributed by atoms with Gasteiger partial charge in [-0.1, -0.05) is 0 Å². The average molecular weight is 398 g/mol. The first-order chi connectivity index (χ1) is 11.1. The summed E-state index contributed by atoms with van der Waals surface area (Å²) in [5.41, 5.74) is -0.0667. The van der Waals surface area contributed by atoms with E-state index in [9.17, 15) is 22.8 Å². The van der Waals surface area contributed by atoms with Crippen LogP contribution in [0.3, 0.4) is 0 Å². The van der Waals surface area contributed by atoms with Crippen molar-refractivity contribution >= 4 is 56.6 Å². The van der Waals surface area contributed by atoms with Gasteiger partial charge in [0.25, 0.3) is 0 Å². The van der Waals surface area contributed by atoms with Crippen molar-refractivity contribution in [1.82, 2.24) is 4.90 Å². The van der Waals surface area contributed by atoms with Gasteiger partial charge in [0.1, 0.15) is 17.7 Å². The normalized spacial score (nSPS) is 24.8. The van der Waals surface area contributed by atoms with Crippen LogP contribution in [-0.2, 0) is 33.7 Å². The second kappa shape index (κ2) is 6.65. The highest BCUT2D eigenvalue weighted by Gasteiger charge is 2.59. The minimum atomic E-state index is -3.81.